The third-order valence-corrected chi connectivity index (χ3v) is 2.54. The highest BCUT2D eigenvalue weighted by Gasteiger charge is 2.20. The van der Waals surface area contributed by atoms with E-state index in [9.17, 15) is 18.0 Å². The van der Waals surface area contributed by atoms with E-state index in [-0.39, 0.29) is 11.3 Å². The van der Waals surface area contributed by atoms with Gasteiger partial charge in [0, 0.05) is 0 Å². The van der Waals surface area contributed by atoms with Crippen LogP contribution in [0.15, 0.2) is 16.7 Å². The van der Waals surface area contributed by atoms with Gasteiger partial charge in [-0.05, 0) is 26.0 Å². The van der Waals surface area contributed by atoms with Crippen molar-refractivity contribution in [2.75, 3.05) is 5.32 Å². The van der Waals surface area contributed by atoms with E-state index in [0.717, 1.165) is 12.1 Å². The van der Waals surface area contributed by atoms with Gasteiger partial charge in [-0.25, -0.2) is 13.2 Å². The summed E-state index contributed by atoms with van der Waals surface area (Å²) < 4.78 is 43.9. The van der Waals surface area contributed by atoms with Gasteiger partial charge in [0.25, 0.3) is 5.91 Å². The second kappa shape index (κ2) is 4.75. The molecule has 0 atom stereocenters. The molecule has 0 aliphatic carbocycles. The number of hydrogen-bond acceptors (Lipinski definition) is 3. The number of carbonyl (C=O) groups excluding carboxylic acids is 1. The summed E-state index contributed by atoms with van der Waals surface area (Å²) in [6.07, 6.45) is 0. The Morgan fingerprint density at radius 2 is 1.89 bits per heavy atom. The minimum absolute atomic E-state index is 0.129. The molecule has 1 aromatic heterocycles. The number of aryl methyl sites for hydroxylation is 2. The summed E-state index contributed by atoms with van der Waals surface area (Å²) in [7, 11) is 0. The van der Waals surface area contributed by atoms with Crippen LogP contribution in [0.5, 0.6) is 0 Å². The number of rotatable bonds is 2. The molecule has 0 fully saturated rings. The molecule has 7 heteroatoms. The van der Waals surface area contributed by atoms with Gasteiger partial charge in [-0.1, -0.05) is 5.16 Å². The van der Waals surface area contributed by atoms with Crippen molar-refractivity contribution < 1.29 is 22.5 Å². The van der Waals surface area contributed by atoms with Crippen LogP contribution in [0, 0.1) is 31.3 Å². The van der Waals surface area contributed by atoms with Crippen LogP contribution < -0.4 is 5.32 Å². The lowest BCUT2D eigenvalue weighted by Gasteiger charge is -2.06. The van der Waals surface area contributed by atoms with E-state index < -0.39 is 29.0 Å². The predicted octanol–water partition coefficient (Wildman–Crippen LogP) is 2.96. The smallest absolute Gasteiger partial charge is 0.261 e. The van der Waals surface area contributed by atoms with Crippen LogP contribution in [0.4, 0.5) is 18.9 Å². The third kappa shape index (κ3) is 2.31. The van der Waals surface area contributed by atoms with Crippen LogP contribution in [0.25, 0.3) is 0 Å². The molecule has 1 aromatic carbocycles. The van der Waals surface area contributed by atoms with Gasteiger partial charge in [0.15, 0.2) is 17.5 Å². The molecule has 0 spiro atoms. The minimum Gasteiger partial charge on any atom is -0.361 e. The summed E-state index contributed by atoms with van der Waals surface area (Å²) in [4.78, 5) is 11.9. The van der Waals surface area contributed by atoms with Gasteiger partial charge >= 0.3 is 0 Å². The van der Waals surface area contributed by atoms with E-state index in [4.69, 9.17) is 4.52 Å². The fourth-order valence-electron chi connectivity index (χ4n) is 1.61. The summed E-state index contributed by atoms with van der Waals surface area (Å²) in [5, 5.41) is 5.71. The maximum atomic E-state index is 13.4. The average molecular weight is 270 g/mol. The Morgan fingerprint density at radius 1 is 1.21 bits per heavy atom. The first-order chi connectivity index (χ1) is 8.91. The number of benzene rings is 1. The predicted molar refractivity (Wildman–Crippen MR) is 60.2 cm³/mol. The Kier molecular flexibility index (Phi) is 3.28. The van der Waals surface area contributed by atoms with Crippen molar-refractivity contribution in [2.45, 2.75) is 13.8 Å². The molecule has 0 saturated carbocycles. The van der Waals surface area contributed by atoms with Gasteiger partial charge in [-0.2, -0.15) is 0 Å². The molecule has 4 nitrogen and oxygen atoms in total. The van der Waals surface area contributed by atoms with Crippen LogP contribution in [0.2, 0.25) is 0 Å². The number of aromatic nitrogens is 1. The fraction of sp³-hybridized carbons (Fsp3) is 0.167. The number of halogens is 3. The SMILES string of the molecule is Cc1noc(C)c1C(=O)Nc1ccc(F)c(F)c1F. The maximum absolute atomic E-state index is 13.4. The molecule has 0 aliphatic heterocycles. The Bertz CT molecular complexity index is 633. The van der Waals surface area contributed by atoms with Gasteiger partial charge in [0.05, 0.1) is 11.4 Å². The second-order valence-electron chi connectivity index (χ2n) is 3.88. The molecule has 0 saturated heterocycles. The van der Waals surface area contributed by atoms with E-state index in [1.54, 1.807) is 0 Å². The molecule has 2 rings (SSSR count). The molecule has 2 aromatic rings. The van der Waals surface area contributed by atoms with Crippen LogP contribution >= 0.6 is 0 Å². The highest BCUT2D eigenvalue weighted by molar-refractivity contribution is 6.05. The summed E-state index contributed by atoms with van der Waals surface area (Å²) in [6.45, 7) is 3.05. The number of carbonyl (C=O) groups is 1. The van der Waals surface area contributed by atoms with Crippen molar-refractivity contribution in [1.82, 2.24) is 5.16 Å². The monoisotopic (exact) mass is 270 g/mol. The van der Waals surface area contributed by atoms with Gasteiger partial charge in [-0.3, -0.25) is 4.79 Å². The van der Waals surface area contributed by atoms with Crippen LogP contribution in [0.3, 0.4) is 0 Å². The van der Waals surface area contributed by atoms with E-state index >= 15 is 0 Å². The third-order valence-electron chi connectivity index (χ3n) is 2.54. The molecule has 0 aliphatic rings. The lowest BCUT2D eigenvalue weighted by atomic mass is 10.2. The Morgan fingerprint density at radius 3 is 2.47 bits per heavy atom. The highest BCUT2D eigenvalue weighted by atomic mass is 19.2. The van der Waals surface area contributed by atoms with Gasteiger partial charge in [0.1, 0.15) is 11.3 Å². The van der Waals surface area contributed by atoms with Crippen molar-refractivity contribution >= 4 is 11.6 Å². The van der Waals surface area contributed by atoms with Crippen molar-refractivity contribution in [3.63, 3.8) is 0 Å². The van der Waals surface area contributed by atoms with Gasteiger partial charge in [-0.15, -0.1) is 0 Å². The molecular formula is C12H9F3N2O2. The van der Waals surface area contributed by atoms with Gasteiger partial charge < -0.3 is 9.84 Å². The van der Waals surface area contributed by atoms with E-state index in [1.807, 2.05) is 0 Å². The molecule has 1 N–H and O–H groups in total. The average Bonchev–Trinajstić information content (AvgIpc) is 2.70. The zero-order chi connectivity index (χ0) is 14.2. The van der Waals surface area contributed by atoms with Crippen molar-refractivity contribution in [1.29, 1.82) is 0 Å². The summed E-state index contributed by atoms with van der Waals surface area (Å²) in [6, 6.07) is 1.66. The number of hydrogen-bond donors (Lipinski definition) is 1. The number of amides is 1. The molecule has 100 valence electrons. The topological polar surface area (TPSA) is 55.1 Å². The van der Waals surface area contributed by atoms with E-state index in [0.29, 0.717) is 5.69 Å². The Hall–Kier alpha value is -2.31. The lowest BCUT2D eigenvalue weighted by molar-refractivity contribution is 0.102. The molecule has 0 unspecified atom stereocenters. The second-order valence-corrected chi connectivity index (χ2v) is 3.88. The molecular weight excluding hydrogens is 261 g/mol. The first kappa shape index (κ1) is 13.1. The van der Waals surface area contributed by atoms with E-state index in [1.165, 1.54) is 13.8 Å². The Balaban J connectivity index is 2.32. The molecule has 0 radical (unpaired) electrons. The number of anilines is 1. The largest absolute Gasteiger partial charge is 0.361 e. The molecule has 1 amide bonds. The molecule has 0 bridgehead atoms. The van der Waals surface area contributed by atoms with Crippen LogP contribution in [0.1, 0.15) is 21.8 Å². The number of nitrogens with one attached hydrogen (secondary N) is 1. The van der Waals surface area contributed by atoms with Crippen molar-refractivity contribution in [2.24, 2.45) is 0 Å². The number of nitrogens with zero attached hydrogens (tertiary/aromatic N) is 1. The zero-order valence-corrected chi connectivity index (χ0v) is 10.1. The standard InChI is InChI=1S/C12H9F3N2O2/c1-5-9(6(2)19-17-5)12(18)16-8-4-3-7(13)10(14)11(8)15/h3-4H,1-2H3,(H,16,18). The normalized spacial score (nSPS) is 10.6. The summed E-state index contributed by atoms with van der Waals surface area (Å²) in [5.41, 5.74) is -0.00831. The van der Waals surface area contributed by atoms with Crippen LogP contribution in [-0.4, -0.2) is 11.1 Å². The summed E-state index contributed by atoms with van der Waals surface area (Å²) >= 11 is 0. The summed E-state index contributed by atoms with van der Waals surface area (Å²) in [5.74, 6) is -4.89. The van der Waals surface area contributed by atoms with Gasteiger partial charge in [0.2, 0.25) is 0 Å². The van der Waals surface area contributed by atoms with Crippen molar-refractivity contribution in [3.8, 4) is 0 Å². The van der Waals surface area contributed by atoms with Crippen molar-refractivity contribution in [3.05, 3.63) is 46.6 Å². The fourth-order valence-corrected chi connectivity index (χ4v) is 1.61. The minimum atomic E-state index is -1.64. The molecule has 19 heavy (non-hydrogen) atoms. The first-order valence-electron chi connectivity index (χ1n) is 5.29. The Labute approximate surface area is 106 Å². The quantitative estimate of drug-likeness (QED) is 0.853. The van der Waals surface area contributed by atoms with Crippen LogP contribution in [-0.2, 0) is 0 Å². The highest BCUT2D eigenvalue weighted by Crippen LogP contribution is 2.21. The maximum Gasteiger partial charge on any atom is 0.261 e. The van der Waals surface area contributed by atoms with E-state index in [2.05, 4.69) is 10.5 Å². The zero-order valence-electron chi connectivity index (χ0n) is 10.1. The molecule has 1 heterocycles. The lowest BCUT2D eigenvalue weighted by Crippen LogP contribution is -2.15. The first-order valence-corrected chi connectivity index (χ1v) is 5.29.